The molecule has 2 aromatic rings. The number of nitrogens with zero attached hydrogens (tertiary/aromatic N) is 5. The first kappa shape index (κ1) is 17.8. The average molecular weight is 368 g/mol. The van der Waals surface area contributed by atoms with E-state index in [1.54, 1.807) is 0 Å². The number of aromatic nitrogens is 3. The molecular weight excluding hydrogens is 338 g/mol. The number of benzene rings is 1. The molecule has 27 heavy (non-hydrogen) atoms. The smallest absolute Gasteiger partial charge is 0.248 e. The van der Waals surface area contributed by atoms with Crippen LogP contribution in [-0.2, 0) is 0 Å². The zero-order valence-electron chi connectivity index (χ0n) is 16.1. The van der Waals surface area contributed by atoms with E-state index in [9.17, 15) is 0 Å². The molecule has 144 valence electrons. The number of rotatable bonds is 5. The summed E-state index contributed by atoms with van der Waals surface area (Å²) in [6.07, 6.45) is 7.40. The molecule has 0 bridgehead atoms. The Bertz CT molecular complexity index is 715. The van der Waals surface area contributed by atoms with E-state index in [-0.39, 0.29) is 0 Å². The van der Waals surface area contributed by atoms with Gasteiger partial charge in [0.25, 0.3) is 0 Å². The second-order valence-electron chi connectivity index (χ2n) is 7.42. The Morgan fingerprint density at radius 1 is 0.704 bits per heavy atom. The van der Waals surface area contributed by atoms with Crippen molar-refractivity contribution in [1.82, 2.24) is 15.0 Å². The van der Waals surface area contributed by atoms with Crippen LogP contribution in [0.25, 0.3) is 0 Å². The third kappa shape index (κ3) is 4.40. The summed E-state index contributed by atoms with van der Waals surface area (Å²) in [4.78, 5) is 18.8. The summed E-state index contributed by atoms with van der Waals surface area (Å²) < 4.78 is 0. The van der Waals surface area contributed by atoms with Crippen molar-refractivity contribution in [3.8, 4) is 0 Å². The highest BCUT2D eigenvalue weighted by Gasteiger charge is 2.20. The molecule has 2 saturated heterocycles. The van der Waals surface area contributed by atoms with Crippen molar-refractivity contribution in [3.05, 3.63) is 29.8 Å². The summed E-state index contributed by atoms with van der Waals surface area (Å²) >= 11 is 0. The van der Waals surface area contributed by atoms with Gasteiger partial charge in [-0.2, -0.15) is 15.0 Å². The van der Waals surface area contributed by atoms with E-state index in [1.807, 2.05) is 18.2 Å². The Morgan fingerprint density at radius 2 is 1.26 bits per heavy atom. The van der Waals surface area contributed by atoms with Gasteiger partial charge in [0.05, 0.1) is 5.69 Å². The summed E-state index contributed by atoms with van der Waals surface area (Å²) in [5.74, 6) is 2.16. The van der Waals surface area contributed by atoms with Crippen LogP contribution in [0.1, 0.15) is 44.1 Å². The molecule has 2 aliphatic rings. The van der Waals surface area contributed by atoms with Gasteiger partial charge in [-0.05, 0) is 57.1 Å². The van der Waals surface area contributed by atoms with Crippen molar-refractivity contribution in [2.24, 2.45) is 0 Å². The minimum Gasteiger partial charge on any atom is -0.341 e. The van der Waals surface area contributed by atoms with Crippen molar-refractivity contribution in [1.29, 1.82) is 0 Å². The fourth-order valence-electron chi connectivity index (χ4n) is 3.72. The lowest BCUT2D eigenvalue weighted by Gasteiger charge is -2.30. The van der Waals surface area contributed by atoms with Crippen LogP contribution in [0.3, 0.4) is 0 Å². The SMILES string of the molecule is Cc1ccccc1NNc1nc(N2CCCCC2)nc(N2CCCCC2)n1. The quantitative estimate of drug-likeness (QED) is 0.783. The van der Waals surface area contributed by atoms with Gasteiger partial charge >= 0.3 is 0 Å². The first-order valence-corrected chi connectivity index (χ1v) is 10.1. The average Bonchev–Trinajstić information content (AvgIpc) is 2.74. The Labute approximate surface area is 161 Å². The highest BCUT2D eigenvalue weighted by Crippen LogP contribution is 2.23. The number of piperidine rings is 2. The summed E-state index contributed by atoms with van der Waals surface area (Å²) in [6, 6.07) is 8.17. The zero-order valence-corrected chi connectivity index (χ0v) is 16.1. The van der Waals surface area contributed by atoms with Gasteiger partial charge in [0.2, 0.25) is 17.8 Å². The molecule has 4 rings (SSSR count). The highest BCUT2D eigenvalue weighted by molar-refractivity contribution is 5.54. The Balaban J connectivity index is 1.57. The van der Waals surface area contributed by atoms with E-state index in [4.69, 9.17) is 15.0 Å². The van der Waals surface area contributed by atoms with Crippen LogP contribution >= 0.6 is 0 Å². The lowest BCUT2D eigenvalue weighted by molar-refractivity contribution is 0.556. The van der Waals surface area contributed by atoms with E-state index < -0.39 is 0 Å². The third-order valence-corrected chi connectivity index (χ3v) is 5.34. The van der Waals surface area contributed by atoms with Crippen molar-refractivity contribution < 1.29 is 0 Å². The number of anilines is 4. The number of para-hydroxylation sites is 1. The van der Waals surface area contributed by atoms with Gasteiger partial charge < -0.3 is 9.80 Å². The van der Waals surface area contributed by atoms with Gasteiger partial charge in [0, 0.05) is 26.2 Å². The van der Waals surface area contributed by atoms with Gasteiger partial charge in [0.15, 0.2) is 0 Å². The number of aryl methyl sites for hydroxylation is 1. The molecular formula is C20H29N7. The van der Waals surface area contributed by atoms with E-state index in [0.29, 0.717) is 5.95 Å². The first-order chi connectivity index (χ1) is 13.3. The van der Waals surface area contributed by atoms with Crippen molar-refractivity contribution in [2.45, 2.75) is 45.4 Å². The monoisotopic (exact) mass is 367 g/mol. The van der Waals surface area contributed by atoms with Crippen LogP contribution in [0.4, 0.5) is 23.5 Å². The van der Waals surface area contributed by atoms with Gasteiger partial charge in [0.1, 0.15) is 0 Å². The lowest BCUT2D eigenvalue weighted by atomic mass is 10.1. The predicted molar refractivity (Wildman–Crippen MR) is 110 cm³/mol. The molecule has 0 saturated carbocycles. The fraction of sp³-hybridized carbons (Fsp3) is 0.550. The molecule has 2 N–H and O–H groups in total. The molecule has 0 aliphatic carbocycles. The summed E-state index contributed by atoms with van der Waals surface area (Å²) in [7, 11) is 0. The molecule has 0 amide bonds. The van der Waals surface area contributed by atoms with Crippen LogP contribution < -0.4 is 20.7 Å². The lowest BCUT2D eigenvalue weighted by Crippen LogP contribution is -2.34. The zero-order chi connectivity index (χ0) is 18.5. The molecule has 2 aliphatic heterocycles. The molecule has 3 heterocycles. The second kappa shape index (κ2) is 8.41. The van der Waals surface area contributed by atoms with Crippen molar-refractivity contribution in [2.75, 3.05) is 46.8 Å². The number of hydrogen-bond acceptors (Lipinski definition) is 7. The molecule has 0 unspecified atom stereocenters. The van der Waals surface area contributed by atoms with Gasteiger partial charge in [-0.15, -0.1) is 0 Å². The summed E-state index contributed by atoms with van der Waals surface area (Å²) in [6.45, 7) is 6.17. The van der Waals surface area contributed by atoms with E-state index in [0.717, 1.165) is 43.8 Å². The summed E-state index contributed by atoms with van der Waals surface area (Å²) in [5, 5.41) is 0. The molecule has 0 radical (unpaired) electrons. The molecule has 7 nitrogen and oxygen atoms in total. The normalized spacial score (nSPS) is 17.7. The van der Waals surface area contributed by atoms with Crippen LogP contribution in [0.2, 0.25) is 0 Å². The van der Waals surface area contributed by atoms with Crippen LogP contribution in [0.5, 0.6) is 0 Å². The molecule has 7 heteroatoms. The Morgan fingerprint density at radius 3 is 1.81 bits per heavy atom. The molecule has 1 aromatic heterocycles. The van der Waals surface area contributed by atoms with Gasteiger partial charge in [-0.25, -0.2) is 0 Å². The maximum atomic E-state index is 4.82. The summed E-state index contributed by atoms with van der Waals surface area (Å²) in [5.41, 5.74) is 8.64. The number of hydrogen-bond donors (Lipinski definition) is 2. The van der Waals surface area contributed by atoms with Crippen molar-refractivity contribution in [3.63, 3.8) is 0 Å². The topological polar surface area (TPSA) is 69.2 Å². The molecule has 1 aromatic carbocycles. The maximum absolute atomic E-state index is 4.82. The minimum absolute atomic E-state index is 0.578. The predicted octanol–water partition coefficient (Wildman–Crippen LogP) is 3.60. The van der Waals surface area contributed by atoms with Crippen LogP contribution in [0.15, 0.2) is 24.3 Å². The number of nitrogens with one attached hydrogen (secondary N) is 2. The molecule has 2 fully saturated rings. The standard InChI is InChI=1S/C20H29N7/c1-16-10-4-5-11-17(16)24-25-18-21-19(26-12-6-2-7-13-26)23-20(22-18)27-14-8-3-9-15-27/h4-5,10-11,24H,2-3,6-9,12-15H2,1H3,(H,21,22,23,25). The largest absolute Gasteiger partial charge is 0.341 e. The Hall–Kier alpha value is -2.57. The van der Waals surface area contributed by atoms with Crippen molar-refractivity contribution >= 4 is 23.5 Å². The minimum atomic E-state index is 0.578. The van der Waals surface area contributed by atoms with Gasteiger partial charge in [-0.1, -0.05) is 18.2 Å². The van der Waals surface area contributed by atoms with Gasteiger partial charge in [-0.3, -0.25) is 10.9 Å². The van der Waals surface area contributed by atoms with Crippen LogP contribution in [-0.4, -0.2) is 41.1 Å². The number of hydrazine groups is 1. The van der Waals surface area contributed by atoms with Crippen LogP contribution in [0, 0.1) is 6.92 Å². The fourth-order valence-corrected chi connectivity index (χ4v) is 3.72. The molecule has 0 atom stereocenters. The first-order valence-electron chi connectivity index (χ1n) is 10.1. The van der Waals surface area contributed by atoms with E-state index in [1.165, 1.54) is 44.1 Å². The second-order valence-corrected chi connectivity index (χ2v) is 7.42. The third-order valence-electron chi connectivity index (χ3n) is 5.34. The maximum Gasteiger partial charge on any atom is 0.248 e. The molecule has 0 spiro atoms. The Kier molecular flexibility index (Phi) is 5.55. The van der Waals surface area contributed by atoms with E-state index >= 15 is 0 Å². The van der Waals surface area contributed by atoms with E-state index in [2.05, 4.69) is 33.6 Å². The highest BCUT2D eigenvalue weighted by atomic mass is 15.4.